The fraction of sp³-hybridized carbons (Fsp3) is 0.529. The van der Waals surface area contributed by atoms with Crippen molar-refractivity contribution >= 4 is 11.8 Å². The van der Waals surface area contributed by atoms with Crippen LogP contribution in [0.3, 0.4) is 0 Å². The molecule has 116 valence electrons. The average molecular weight is 302 g/mol. The number of amides is 2. The lowest BCUT2D eigenvalue weighted by Crippen LogP contribution is -2.55. The topological polar surface area (TPSA) is 40.6 Å². The second-order valence-corrected chi connectivity index (χ2v) is 6.63. The molecule has 0 atom stereocenters. The minimum atomic E-state index is -0.518. The van der Waals surface area contributed by atoms with Crippen LogP contribution in [-0.2, 0) is 15.0 Å². The lowest BCUT2D eigenvalue weighted by molar-refractivity contribution is -0.147. The second-order valence-electron chi connectivity index (χ2n) is 6.63. The summed E-state index contributed by atoms with van der Waals surface area (Å²) < 4.78 is 13.1. The molecule has 22 heavy (non-hydrogen) atoms. The van der Waals surface area contributed by atoms with Crippen LogP contribution < -0.4 is 0 Å². The van der Waals surface area contributed by atoms with Gasteiger partial charge in [-0.1, -0.05) is 12.1 Å². The van der Waals surface area contributed by atoms with Crippen molar-refractivity contribution in [2.24, 2.45) is 0 Å². The van der Waals surface area contributed by atoms with Crippen LogP contribution in [-0.4, -0.2) is 47.3 Å². The first-order valence-corrected chi connectivity index (χ1v) is 7.95. The zero-order valence-electron chi connectivity index (χ0n) is 12.4. The van der Waals surface area contributed by atoms with Crippen molar-refractivity contribution in [3.63, 3.8) is 0 Å². The van der Waals surface area contributed by atoms with E-state index in [1.54, 1.807) is 17.0 Å². The molecule has 5 heteroatoms. The Hall–Kier alpha value is -1.91. The van der Waals surface area contributed by atoms with E-state index in [1.807, 2.05) is 4.90 Å². The molecule has 0 bridgehead atoms. The Balaban J connectivity index is 1.50. The summed E-state index contributed by atoms with van der Waals surface area (Å²) in [5.41, 5.74) is 0.353. The molecule has 1 heterocycles. The highest BCUT2D eigenvalue weighted by molar-refractivity contribution is 5.94. The molecule has 1 saturated heterocycles. The van der Waals surface area contributed by atoms with E-state index in [2.05, 4.69) is 0 Å². The van der Waals surface area contributed by atoms with Gasteiger partial charge in [-0.25, -0.2) is 4.39 Å². The van der Waals surface area contributed by atoms with Crippen LogP contribution in [0.5, 0.6) is 0 Å². The Morgan fingerprint density at radius 1 is 1.14 bits per heavy atom. The first-order chi connectivity index (χ1) is 10.6. The third-order valence-corrected chi connectivity index (χ3v) is 5.09. The molecule has 1 aromatic carbocycles. The fourth-order valence-corrected chi connectivity index (χ4v) is 3.45. The van der Waals surface area contributed by atoms with Gasteiger partial charge in [-0.2, -0.15) is 0 Å². The molecule has 2 amide bonds. The molecule has 0 spiro atoms. The van der Waals surface area contributed by atoms with Gasteiger partial charge in [-0.15, -0.1) is 0 Å². The van der Waals surface area contributed by atoms with Gasteiger partial charge in [-0.05, 0) is 43.4 Å². The summed E-state index contributed by atoms with van der Waals surface area (Å²) in [6.45, 7) is 1.46. The van der Waals surface area contributed by atoms with Crippen molar-refractivity contribution in [2.75, 3.05) is 19.6 Å². The molecule has 4 rings (SSSR count). The Morgan fingerprint density at radius 3 is 2.36 bits per heavy atom. The number of benzene rings is 1. The summed E-state index contributed by atoms with van der Waals surface area (Å²) in [6.07, 6.45) is 3.77. The Morgan fingerprint density at radius 2 is 1.82 bits per heavy atom. The molecule has 3 fully saturated rings. The van der Waals surface area contributed by atoms with Gasteiger partial charge in [0.05, 0.1) is 12.0 Å². The van der Waals surface area contributed by atoms with E-state index in [4.69, 9.17) is 0 Å². The number of carbonyl (C=O) groups excluding carboxylic acids is 2. The SMILES string of the molecule is O=C1CN(C(=O)C2(c3ccc(F)cc3)CC2)CCN1C1CC1. The highest BCUT2D eigenvalue weighted by Crippen LogP contribution is 2.49. The summed E-state index contributed by atoms with van der Waals surface area (Å²) in [4.78, 5) is 28.7. The van der Waals surface area contributed by atoms with Crippen molar-refractivity contribution in [1.82, 2.24) is 9.80 Å². The van der Waals surface area contributed by atoms with E-state index >= 15 is 0 Å². The average Bonchev–Trinajstić information content (AvgIpc) is 3.40. The van der Waals surface area contributed by atoms with Gasteiger partial charge >= 0.3 is 0 Å². The van der Waals surface area contributed by atoms with Crippen LogP contribution in [0.4, 0.5) is 4.39 Å². The summed E-state index contributed by atoms with van der Waals surface area (Å²) in [5.74, 6) is -0.194. The first kappa shape index (κ1) is 13.7. The van der Waals surface area contributed by atoms with Crippen LogP contribution in [0.2, 0.25) is 0 Å². The maximum absolute atomic E-state index is 13.1. The van der Waals surface area contributed by atoms with Crippen LogP contribution >= 0.6 is 0 Å². The summed E-state index contributed by atoms with van der Waals surface area (Å²) in [6, 6.07) is 6.61. The molecule has 1 aromatic rings. The quantitative estimate of drug-likeness (QED) is 0.852. The summed E-state index contributed by atoms with van der Waals surface area (Å²) in [5, 5.41) is 0. The van der Waals surface area contributed by atoms with E-state index in [0.29, 0.717) is 19.1 Å². The number of rotatable bonds is 3. The highest BCUT2D eigenvalue weighted by Gasteiger charge is 2.54. The van der Waals surface area contributed by atoms with Crippen molar-refractivity contribution in [2.45, 2.75) is 37.1 Å². The Kier molecular flexibility index (Phi) is 2.99. The fourth-order valence-electron chi connectivity index (χ4n) is 3.45. The monoisotopic (exact) mass is 302 g/mol. The lowest BCUT2D eigenvalue weighted by atomic mass is 9.94. The number of halogens is 1. The van der Waals surface area contributed by atoms with E-state index in [-0.39, 0.29) is 24.2 Å². The van der Waals surface area contributed by atoms with Crippen LogP contribution in [0, 0.1) is 5.82 Å². The molecule has 1 aliphatic heterocycles. The van der Waals surface area contributed by atoms with Crippen molar-refractivity contribution in [1.29, 1.82) is 0 Å². The normalized spacial score (nSPS) is 23.6. The van der Waals surface area contributed by atoms with Gasteiger partial charge in [-0.3, -0.25) is 9.59 Å². The van der Waals surface area contributed by atoms with Crippen LogP contribution in [0.1, 0.15) is 31.2 Å². The van der Waals surface area contributed by atoms with Gasteiger partial charge in [0.1, 0.15) is 5.82 Å². The molecule has 3 aliphatic rings. The van der Waals surface area contributed by atoms with Crippen molar-refractivity contribution in [3.05, 3.63) is 35.6 Å². The molecule has 2 saturated carbocycles. The van der Waals surface area contributed by atoms with Crippen molar-refractivity contribution in [3.8, 4) is 0 Å². The minimum absolute atomic E-state index is 0.0305. The molecule has 2 aliphatic carbocycles. The van der Waals surface area contributed by atoms with Crippen LogP contribution in [0.15, 0.2) is 24.3 Å². The van der Waals surface area contributed by atoms with Gasteiger partial charge in [0.15, 0.2) is 0 Å². The van der Waals surface area contributed by atoms with E-state index in [9.17, 15) is 14.0 Å². The minimum Gasteiger partial charge on any atom is -0.336 e. The lowest BCUT2D eigenvalue weighted by Gasteiger charge is -2.36. The molecule has 4 nitrogen and oxygen atoms in total. The predicted octanol–water partition coefficient (Wildman–Crippen LogP) is 1.69. The highest BCUT2D eigenvalue weighted by atomic mass is 19.1. The smallest absolute Gasteiger partial charge is 0.242 e. The predicted molar refractivity (Wildman–Crippen MR) is 78.6 cm³/mol. The molecule has 0 radical (unpaired) electrons. The molecule has 0 aromatic heterocycles. The largest absolute Gasteiger partial charge is 0.336 e. The third kappa shape index (κ3) is 2.19. The first-order valence-electron chi connectivity index (χ1n) is 7.95. The van der Waals surface area contributed by atoms with Gasteiger partial charge in [0, 0.05) is 19.1 Å². The maximum Gasteiger partial charge on any atom is 0.242 e. The van der Waals surface area contributed by atoms with Gasteiger partial charge in [0.25, 0.3) is 0 Å². The summed E-state index contributed by atoms with van der Waals surface area (Å²) >= 11 is 0. The van der Waals surface area contributed by atoms with E-state index in [1.165, 1.54) is 12.1 Å². The maximum atomic E-state index is 13.1. The van der Waals surface area contributed by atoms with Gasteiger partial charge < -0.3 is 9.80 Å². The number of carbonyl (C=O) groups is 2. The zero-order chi connectivity index (χ0) is 15.3. The molecular weight excluding hydrogens is 283 g/mol. The molecule has 0 unspecified atom stereocenters. The molecular formula is C17H19FN2O2. The number of nitrogens with zero attached hydrogens (tertiary/aromatic N) is 2. The number of hydrogen-bond acceptors (Lipinski definition) is 2. The molecule has 0 N–H and O–H groups in total. The number of hydrogen-bond donors (Lipinski definition) is 0. The van der Waals surface area contributed by atoms with E-state index in [0.717, 1.165) is 31.2 Å². The Labute approximate surface area is 128 Å². The standard InChI is InChI=1S/C17H19FN2O2/c18-13-3-1-12(2-4-13)17(7-8-17)16(22)19-9-10-20(14-5-6-14)15(21)11-19/h1-4,14H,5-11H2. The second kappa shape index (κ2) is 4.80. The van der Waals surface area contributed by atoms with Gasteiger partial charge in [0.2, 0.25) is 11.8 Å². The Bertz CT molecular complexity index is 620. The van der Waals surface area contributed by atoms with Crippen molar-refractivity contribution < 1.29 is 14.0 Å². The third-order valence-electron chi connectivity index (χ3n) is 5.09. The number of piperazine rings is 1. The summed E-state index contributed by atoms with van der Waals surface area (Å²) in [7, 11) is 0. The zero-order valence-corrected chi connectivity index (χ0v) is 12.4. The van der Waals surface area contributed by atoms with E-state index < -0.39 is 5.41 Å². The van der Waals surface area contributed by atoms with Crippen LogP contribution in [0.25, 0.3) is 0 Å².